The molecular formula is C12H19ClN4O. The normalized spacial score (nSPS) is 14.8. The van der Waals surface area contributed by atoms with E-state index in [1.807, 2.05) is 11.9 Å². The van der Waals surface area contributed by atoms with Crippen LogP contribution >= 0.6 is 11.6 Å². The molecular weight excluding hydrogens is 252 g/mol. The molecule has 5 nitrogen and oxygen atoms in total. The van der Waals surface area contributed by atoms with E-state index < -0.39 is 0 Å². The van der Waals surface area contributed by atoms with Crippen molar-refractivity contribution < 1.29 is 0 Å². The van der Waals surface area contributed by atoms with Gasteiger partial charge in [0.2, 0.25) is 0 Å². The summed E-state index contributed by atoms with van der Waals surface area (Å²) in [6, 6.07) is 0. The summed E-state index contributed by atoms with van der Waals surface area (Å²) in [6.45, 7) is 2.02. The third-order valence-corrected chi connectivity index (χ3v) is 3.46. The number of hydrogen-bond donors (Lipinski definition) is 1. The molecule has 0 atom stereocenters. The fourth-order valence-corrected chi connectivity index (χ4v) is 2.19. The van der Waals surface area contributed by atoms with Crippen LogP contribution in [0.5, 0.6) is 0 Å². The Bertz CT molecular complexity index is 470. The number of nitrogens with zero attached hydrogens (tertiary/aromatic N) is 3. The Morgan fingerprint density at radius 1 is 1.61 bits per heavy atom. The van der Waals surface area contributed by atoms with Crippen molar-refractivity contribution in [2.24, 2.45) is 11.7 Å². The fourth-order valence-electron chi connectivity index (χ4n) is 1.92. The van der Waals surface area contributed by atoms with Crippen LogP contribution in [0.3, 0.4) is 0 Å². The quantitative estimate of drug-likeness (QED) is 0.841. The first-order chi connectivity index (χ1) is 8.63. The van der Waals surface area contributed by atoms with Crippen molar-refractivity contribution in [1.29, 1.82) is 0 Å². The maximum atomic E-state index is 12.3. The fraction of sp³-hybridized carbons (Fsp3) is 0.667. The van der Waals surface area contributed by atoms with Crippen LogP contribution in [0.25, 0.3) is 0 Å². The SMILES string of the molecule is CN(CCCN)c1c(Cl)cnn(CC2CC2)c1=O. The van der Waals surface area contributed by atoms with Crippen LogP contribution in [-0.4, -0.2) is 29.9 Å². The molecule has 0 amide bonds. The highest BCUT2D eigenvalue weighted by Crippen LogP contribution is 2.30. The van der Waals surface area contributed by atoms with Crippen molar-refractivity contribution in [3.8, 4) is 0 Å². The zero-order chi connectivity index (χ0) is 13.1. The van der Waals surface area contributed by atoms with E-state index in [-0.39, 0.29) is 5.56 Å². The van der Waals surface area contributed by atoms with E-state index in [4.69, 9.17) is 17.3 Å². The number of nitrogens with two attached hydrogens (primary N) is 1. The lowest BCUT2D eigenvalue weighted by molar-refractivity contribution is 0.532. The molecule has 0 aliphatic heterocycles. The van der Waals surface area contributed by atoms with Crippen LogP contribution in [0.2, 0.25) is 5.02 Å². The third-order valence-electron chi connectivity index (χ3n) is 3.18. The Morgan fingerprint density at radius 2 is 2.33 bits per heavy atom. The summed E-state index contributed by atoms with van der Waals surface area (Å²) < 4.78 is 1.53. The zero-order valence-corrected chi connectivity index (χ0v) is 11.4. The molecule has 0 unspecified atom stereocenters. The number of rotatable bonds is 6. The molecule has 1 aliphatic rings. The minimum atomic E-state index is -0.103. The van der Waals surface area contributed by atoms with Gasteiger partial charge in [0.25, 0.3) is 5.56 Å². The molecule has 1 saturated carbocycles. The van der Waals surface area contributed by atoms with Gasteiger partial charge in [0.15, 0.2) is 0 Å². The molecule has 0 aromatic carbocycles. The number of anilines is 1. The molecule has 0 bridgehead atoms. The Morgan fingerprint density at radius 3 is 2.94 bits per heavy atom. The molecule has 2 rings (SSSR count). The highest BCUT2D eigenvalue weighted by Gasteiger charge is 2.24. The van der Waals surface area contributed by atoms with Gasteiger partial charge in [-0.1, -0.05) is 11.6 Å². The standard InChI is InChI=1S/C12H19ClN4O/c1-16(6-2-5-14)11-10(13)7-15-17(12(11)18)8-9-3-4-9/h7,9H,2-6,8,14H2,1H3. The van der Waals surface area contributed by atoms with E-state index >= 15 is 0 Å². The van der Waals surface area contributed by atoms with Crippen molar-refractivity contribution in [3.63, 3.8) is 0 Å². The molecule has 0 spiro atoms. The van der Waals surface area contributed by atoms with Crippen molar-refractivity contribution >= 4 is 17.3 Å². The topological polar surface area (TPSA) is 64.2 Å². The van der Waals surface area contributed by atoms with Gasteiger partial charge in [-0.25, -0.2) is 4.68 Å². The van der Waals surface area contributed by atoms with Gasteiger partial charge in [-0.15, -0.1) is 0 Å². The van der Waals surface area contributed by atoms with E-state index in [0.29, 0.717) is 29.7 Å². The van der Waals surface area contributed by atoms with Gasteiger partial charge in [0.1, 0.15) is 5.69 Å². The van der Waals surface area contributed by atoms with Crippen molar-refractivity contribution in [3.05, 3.63) is 21.6 Å². The van der Waals surface area contributed by atoms with E-state index in [2.05, 4.69) is 5.10 Å². The van der Waals surface area contributed by atoms with E-state index in [1.165, 1.54) is 17.5 Å². The molecule has 1 aromatic rings. The van der Waals surface area contributed by atoms with Crippen molar-refractivity contribution in [2.75, 3.05) is 25.0 Å². The second-order valence-corrected chi connectivity index (χ2v) is 5.24. The molecule has 0 radical (unpaired) electrons. The number of aromatic nitrogens is 2. The van der Waals surface area contributed by atoms with Gasteiger partial charge in [-0.3, -0.25) is 4.79 Å². The smallest absolute Gasteiger partial charge is 0.291 e. The van der Waals surface area contributed by atoms with Crippen LogP contribution in [0.1, 0.15) is 19.3 Å². The van der Waals surface area contributed by atoms with Gasteiger partial charge >= 0.3 is 0 Å². The lowest BCUT2D eigenvalue weighted by Gasteiger charge is -2.20. The first-order valence-corrected chi connectivity index (χ1v) is 6.68. The summed E-state index contributed by atoms with van der Waals surface area (Å²) in [5, 5.41) is 4.51. The molecule has 2 N–H and O–H groups in total. The summed E-state index contributed by atoms with van der Waals surface area (Å²) in [6.07, 6.45) is 4.76. The maximum absolute atomic E-state index is 12.3. The van der Waals surface area contributed by atoms with Crippen LogP contribution in [0.15, 0.2) is 11.0 Å². The second-order valence-electron chi connectivity index (χ2n) is 4.84. The molecule has 1 fully saturated rings. The van der Waals surface area contributed by atoms with Gasteiger partial charge in [-0.05, 0) is 31.7 Å². The molecule has 0 saturated heterocycles. The zero-order valence-electron chi connectivity index (χ0n) is 10.6. The predicted molar refractivity (Wildman–Crippen MR) is 73.2 cm³/mol. The Hall–Kier alpha value is -1.07. The highest BCUT2D eigenvalue weighted by molar-refractivity contribution is 6.33. The van der Waals surface area contributed by atoms with Gasteiger partial charge in [0.05, 0.1) is 11.2 Å². The minimum absolute atomic E-state index is 0.103. The lowest BCUT2D eigenvalue weighted by Crippen LogP contribution is -2.32. The first kappa shape index (κ1) is 13.4. The third kappa shape index (κ3) is 3.03. The monoisotopic (exact) mass is 270 g/mol. The molecule has 1 aromatic heterocycles. The second kappa shape index (κ2) is 5.71. The summed E-state index contributed by atoms with van der Waals surface area (Å²) >= 11 is 6.08. The van der Waals surface area contributed by atoms with E-state index in [9.17, 15) is 4.79 Å². The summed E-state index contributed by atoms with van der Waals surface area (Å²) in [5.74, 6) is 0.610. The van der Waals surface area contributed by atoms with Crippen molar-refractivity contribution in [1.82, 2.24) is 9.78 Å². The maximum Gasteiger partial charge on any atom is 0.291 e. The summed E-state index contributed by atoms with van der Waals surface area (Å²) in [7, 11) is 1.86. The Balaban J connectivity index is 2.23. The number of hydrogen-bond acceptors (Lipinski definition) is 4. The van der Waals surface area contributed by atoms with E-state index in [0.717, 1.165) is 13.0 Å². The van der Waals surface area contributed by atoms with E-state index in [1.54, 1.807) is 6.20 Å². The van der Waals surface area contributed by atoms with Gasteiger partial charge in [0, 0.05) is 20.1 Å². The van der Waals surface area contributed by atoms with Crippen LogP contribution in [-0.2, 0) is 6.54 Å². The largest absolute Gasteiger partial charge is 0.369 e. The average Bonchev–Trinajstić information content (AvgIpc) is 3.14. The molecule has 18 heavy (non-hydrogen) atoms. The van der Waals surface area contributed by atoms with Crippen LogP contribution in [0, 0.1) is 5.92 Å². The van der Waals surface area contributed by atoms with Crippen molar-refractivity contribution in [2.45, 2.75) is 25.8 Å². The van der Waals surface area contributed by atoms with Crippen LogP contribution in [0.4, 0.5) is 5.69 Å². The molecule has 1 aliphatic carbocycles. The number of halogens is 1. The van der Waals surface area contributed by atoms with Gasteiger partial charge < -0.3 is 10.6 Å². The molecule has 100 valence electrons. The summed E-state index contributed by atoms with van der Waals surface area (Å²) in [4.78, 5) is 14.2. The lowest BCUT2D eigenvalue weighted by atomic mass is 10.3. The molecule has 1 heterocycles. The van der Waals surface area contributed by atoms with Gasteiger partial charge in [-0.2, -0.15) is 5.10 Å². The molecule has 6 heteroatoms. The predicted octanol–water partition coefficient (Wildman–Crippen LogP) is 1.09. The summed E-state index contributed by atoms with van der Waals surface area (Å²) in [5.41, 5.74) is 5.91. The first-order valence-electron chi connectivity index (χ1n) is 6.30. The van der Waals surface area contributed by atoms with Crippen LogP contribution < -0.4 is 16.2 Å². The average molecular weight is 271 g/mol. The Labute approximate surface area is 112 Å². The highest BCUT2D eigenvalue weighted by atomic mass is 35.5. The Kier molecular flexibility index (Phi) is 4.24. The minimum Gasteiger partial charge on any atom is -0.369 e.